The minimum atomic E-state index is -1.13. The first kappa shape index (κ1) is 40.5. The minimum Gasteiger partial charge on any atom is -0.480 e. The number of allylic oxidation sites excluding steroid dienone is 2. The van der Waals surface area contributed by atoms with Crippen LogP contribution in [0.1, 0.15) is 70.6 Å². The summed E-state index contributed by atoms with van der Waals surface area (Å²) in [5, 5.41) is 42.2. The summed E-state index contributed by atoms with van der Waals surface area (Å²) in [6, 6.07) is 17.4. The third-order valence-corrected chi connectivity index (χ3v) is 10.9. The zero-order chi connectivity index (χ0) is 39.8. The summed E-state index contributed by atoms with van der Waals surface area (Å²) >= 11 is 2.79. The Hall–Kier alpha value is -5.68. The Morgan fingerprint density at radius 1 is 0.564 bits per heavy atom. The molecule has 0 radical (unpaired) electrons. The number of benzene rings is 2. The highest BCUT2D eigenvalue weighted by Crippen LogP contribution is 2.45. The summed E-state index contributed by atoms with van der Waals surface area (Å²) in [5.74, 6) is -5.06. The fourth-order valence-electron chi connectivity index (χ4n) is 6.51. The molecule has 0 atom stereocenters. The van der Waals surface area contributed by atoms with Gasteiger partial charge < -0.3 is 31.1 Å². The lowest BCUT2D eigenvalue weighted by atomic mass is 9.97. The van der Waals surface area contributed by atoms with Gasteiger partial charge in [-0.2, -0.15) is 0 Å². The van der Waals surface area contributed by atoms with Gasteiger partial charge >= 0.3 is 23.9 Å². The van der Waals surface area contributed by atoms with Crippen molar-refractivity contribution in [1.29, 1.82) is 0 Å². The van der Waals surface area contributed by atoms with Crippen LogP contribution in [0.3, 0.4) is 0 Å². The van der Waals surface area contributed by atoms with Gasteiger partial charge in [0.05, 0.1) is 35.9 Å². The second kappa shape index (κ2) is 18.1. The molecule has 0 aliphatic heterocycles. The summed E-state index contributed by atoms with van der Waals surface area (Å²) in [6.07, 6.45) is 2.59. The second-order valence-corrected chi connectivity index (χ2v) is 15.7. The van der Waals surface area contributed by atoms with Gasteiger partial charge in [0, 0.05) is 34.2 Å². The summed E-state index contributed by atoms with van der Waals surface area (Å²) in [5.41, 5.74) is 6.77. The van der Waals surface area contributed by atoms with Crippen LogP contribution in [0.2, 0.25) is 0 Å². The van der Waals surface area contributed by atoms with Gasteiger partial charge in [-0.3, -0.25) is 38.6 Å². The van der Waals surface area contributed by atoms with Gasteiger partial charge in [-0.15, -0.1) is 22.7 Å². The lowest BCUT2D eigenvalue weighted by Crippen LogP contribution is -2.33. The summed E-state index contributed by atoms with van der Waals surface area (Å²) in [4.78, 5) is 76.9. The smallest absolute Gasteiger partial charge is 0.317 e. The maximum atomic E-state index is 13.3. The van der Waals surface area contributed by atoms with E-state index in [4.69, 9.17) is 20.4 Å². The number of aryl methyl sites for hydroxylation is 2. The predicted molar refractivity (Wildman–Crippen MR) is 209 cm³/mol. The molecule has 6 N–H and O–H groups in total. The van der Waals surface area contributed by atoms with E-state index in [1.807, 2.05) is 26.0 Å². The first-order chi connectivity index (χ1) is 26.1. The van der Waals surface area contributed by atoms with Gasteiger partial charge in [0.15, 0.2) is 0 Å². The predicted octanol–water partition coefficient (Wildman–Crippen LogP) is 5.97. The van der Waals surface area contributed by atoms with Crippen molar-refractivity contribution < 1.29 is 49.2 Å². The molecule has 16 heteroatoms. The van der Waals surface area contributed by atoms with E-state index in [1.165, 1.54) is 32.5 Å². The van der Waals surface area contributed by atoms with Crippen molar-refractivity contribution in [1.82, 2.24) is 9.80 Å². The van der Waals surface area contributed by atoms with Crippen LogP contribution in [0, 0.1) is 13.8 Å². The number of amides is 2. The molecule has 0 saturated heterocycles. The Bertz CT molecular complexity index is 1960. The second-order valence-electron chi connectivity index (χ2n) is 13.1. The standard InChI is InChI=1S/C39H40N4O10S2/c1-22-30(14-32(54-22)38(52)40-26-10-6-24(7-11-26)16-42(18-34(44)45)19-35(46)47)28-4-3-5-29(28)31-15-33(55-23(31)2)39(53)41-27-12-8-25(9-13-27)17-43(20-36(48)49)21-37(50)51/h6-15H,3-5,16-21H2,1-2H3,(H,40,52)(H,41,53)(H,44,45)(H,46,47)(H,48,49)(H,50,51). The Morgan fingerprint density at radius 2 is 0.891 bits per heavy atom. The third kappa shape index (κ3) is 11.2. The van der Waals surface area contributed by atoms with Crippen molar-refractivity contribution in [2.24, 2.45) is 0 Å². The van der Waals surface area contributed by atoms with Crippen molar-refractivity contribution >= 4 is 80.9 Å². The topological polar surface area (TPSA) is 214 Å². The zero-order valence-corrected chi connectivity index (χ0v) is 31.7. The number of hydrogen-bond donors (Lipinski definition) is 6. The van der Waals surface area contributed by atoms with E-state index in [9.17, 15) is 28.8 Å². The lowest BCUT2D eigenvalue weighted by Gasteiger charge is -2.18. The van der Waals surface area contributed by atoms with Crippen LogP contribution in [0.15, 0.2) is 60.7 Å². The number of hydrogen-bond acceptors (Lipinski definition) is 10. The van der Waals surface area contributed by atoms with E-state index in [0.717, 1.165) is 51.3 Å². The van der Waals surface area contributed by atoms with E-state index in [1.54, 1.807) is 48.5 Å². The highest BCUT2D eigenvalue weighted by Gasteiger charge is 2.25. The number of nitrogens with one attached hydrogen (secondary N) is 2. The molecule has 1 aliphatic carbocycles. The van der Waals surface area contributed by atoms with E-state index in [2.05, 4.69) is 10.6 Å². The molecular formula is C39H40N4O10S2. The van der Waals surface area contributed by atoms with Crippen LogP contribution in [0.25, 0.3) is 11.1 Å². The maximum Gasteiger partial charge on any atom is 0.317 e. The first-order valence-corrected chi connectivity index (χ1v) is 18.8. The number of carbonyl (C=O) groups is 6. The molecule has 2 amide bonds. The fraction of sp³-hybridized carbons (Fsp3) is 0.282. The molecule has 0 saturated carbocycles. The van der Waals surface area contributed by atoms with Gasteiger partial charge in [-0.25, -0.2) is 0 Å². The van der Waals surface area contributed by atoms with E-state index >= 15 is 0 Å². The molecule has 0 fully saturated rings. The van der Waals surface area contributed by atoms with Crippen molar-refractivity contribution in [2.75, 3.05) is 36.8 Å². The molecule has 288 valence electrons. The zero-order valence-electron chi connectivity index (χ0n) is 30.1. The maximum absolute atomic E-state index is 13.3. The lowest BCUT2D eigenvalue weighted by molar-refractivity contribution is -0.144. The molecule has 5 rings (SSSR count). The summed E-state index contributed by atoms with van der Waals surface area (Å²) in [6.45, 7) is 2.55. The Morgan fingerprint density at radius 3 is 1.20 bits per heavy atom. The minimum absolute atomic E-state index is 0.123. The highest BCUT2D eigenvalue weighted by molar-refractivity contribution is 7.14. The van der Waals surface area contributed by atoms with Crippen LogP contribution in [-0.4, -0.2) is 92.1 Å². The quantitative estimate of drug-likeness (QED) is 0.0689. The van der Waals surface area contributed by atoms with Crippen molar-refractivity contribution in [3.63, 3.8) is 0 Å². The number of carboxylic acids is 4. The molecule has 0 spiro atoms. The number of carboxylic acid groups (broad SMARTS) is 4. The Labute approximate surface area is 324 Å². The molecule has 2 aromatic carbocycles. The molecule has 4 aromatic rings. The third-order valence-electron chi connectivity index (χ3n) is 8.82. The van der Waals surface area contributed by atoms with Gasteiger partial charge in [-0.05, 0) is 103 Å². The van der Waals surface area contributed by atoms with E-state index < -0.39 is 50.1 Å². The molecular weight excluding hydrogens is 749 g/mol. The SMILES string of the molecule is Cc1sc(C(=O)Nc2ccc(CN(CC(=O)O)CC(=O)O)cc2)cc1C1=C(c2cc(C(=O)Nc3ccc(CN(CC(=O)O)CC(=O)O)cc3)sc2C)CCC1. The highest BCUT2D eigenvalue weighted by atomic mass is 32.1. The Balaban J connectivity index is 1.25. The average Bonchev–Trinajstić information content (AvgIpc) is 3.83. The molecule has 14 nitrogen and oxygen atoms in total. The van der Waals surface area contributed by atoms with Gasteiger partial charge in [0.1, 0.15) is 0 Å². The fourth-order valence-corrected chi connectivity index (χ4v) is 8.40. The number of thiophene rings is 2. The summed E-state index contributed by atoms with van der Waals surface area (Å²) < 4.78 is 0. The molecule has 0 bridgehead atoms. The molecule has 55 heavy (non-hydrogen) atoms. The molecule has 0 unspecified atom stereocenters. The number of aliphatic carboxylic acids is 4. The molecule has 1 aliphatic rings. The average molecular weight is 789 g/mol. The van der Waals surface area contributed by atoms with Crippen molar-refractivity contribution in [3.8, 4) is 0 Å². The van der Waals surface area contributed by atoms with Crippen molar-refractivity contribution in [3.05, 3.63) is 102 Å². The number of carbonyl (C=O) groups excluding carboxylic acids is 2. The number of rotatable bonds is 18. The van der Waals surface area contributed by atoms with Crippen LogP contribution >= 0.6 is 22.7 Å². The first-order valence-electron chi connectivity index (χ1n) is 17.2. The van der Waals surface area contributed by atoms with Crippen LogP contribution in [0.5, 0.6) is 0 Å². The Kier molecular flexibility index (Phi) is 13.3. The monoisotopic (exact) mass is 788 g/mol. The van der Waals surface area contributed by atoms with Gasteiger partial charge in [0.2, 0.25) is 0 Å². The largest absolute Gasteiger partial charge is 0.480 e. The van der Waals surface area contributed by atoms with Crippen LogP contribution in [-0.2, 0) is 32.3 Å². The normalized spacial score (nSPS) is 12.7. The van der Waals surface area contributed by atoms with Crippen molar-refractivity contribution in [2.45, 2.75) is 46.2 Å². The number of anilines is 2. The van der Waals surface area contributed by atoms with E-state index in [-0.39, 0.29) is 24.9 Å². The molecule has 2 aromatic heterocycles. The number of nitrogens with zero attached hydrogens (tertiary/aromatic N) is 2. The van der Waals surface area contributed by atoms with Crippen LogP contribution in [0.4, 0.5) is 11.4 Å². The van der Waals surface area contributed by atoms with Gasteiger partial charge in [0.25, 0.3) is 11.8 Å². The van der Waals surface area contributed by atoms with Gasteiger partial charge in [-0.1, -0.05) is 24.3 Å². The molecule has 2 heterocycles. The summed E-state index contributed by atoms with van der Waals surface area (Å²) in [7, 11) is 0. The van der Waals surface area contributed by atoms with Crippen LogP contribution < -0.4 is 10.6 Å². The van der Waals surface area contributed by atoms with E-state index in [0.29, 0.717) is 32.3 Å².